The van der Waals surface area contributed by atoms with E-state index in [9.17, 15) is 4.79 Å². The van der Waals surface area contributed by atoms with E-state index < -0.39 is 0 Å². The summed E-state index contributed by atoms with van der Waals surface area (Å²) in [5.74, 6) is 0.984. The Morgan fingerprint density at radius 1 is 1.32 bits per heavy atom. The van der Waals surface area contributed by atoms with Gasteiger partial charge in [0.1, 0.15) is 5.75 Å². The fraction of sp³-hybridized carbons (Fsp3) is 0.533. The Balaban J connectivity index is 2.20. The van der Waals surface area contributed by atoms with Gasteiger partial charge in [0.15, 0.2) is 0 Å². The third kappa shape index (κ3) is 3.26. The number of nitrogens with one attached hydrogen (secondary N) is 1. The van der Waals surface area contributed by atoms with Crippen molar-refractivity contribution in [1.29, 1.82) is 0 Å². The van der Waals surface area contributed by atoms with Crippen molar-refractivity contribution in [2.75, 3.05) is 32.8 Å². The summed E-state index contributed by atoms with van der Waals surface area (Å²) in [6.07, 6.45) is 0.841. The molecule has 1 fully saturated rings. The summed E-state index contributed by atoms with van der Waals surface area (Å²) in [5.41, 5.74) is 1.88. The monoisotopic (exact) mass is 262 g/mol. The highest BCUT2D eigenvalue weighted by Crippen LogP contribution is 2.20. The highest BCUT2D eigenvalue weighted by Gasteiger charge is 2.20. The second-order valence-corrected chi connectivity index (χ2v) is 4.65. The van der Waals surface area contributed by atoms with Crippen molar-refractivity contribution in [2.45, 2.75) is 20.3 Å². The Morgan fingerprint density at radius 3 is 2.68 bits per heavy atom. The van der Waals surface area contributed by atoms with Gasteiger partial charge in [-0.15, -0.1) is 0 Å². The van der Waals surface area contributed by atoms with Crippen LogP contribution >= 0.6 is 0 Å². The average Bonchev–Trinajstić information content (AvgIpc) is 2.47. The molecule has 1 aromatic carbocycles. The zero-order chi connectivity index (χ0) is 13.7. The van der Waals surface area contributed by atoms with Gasteiger partial charge in [-0.05, 0) is 37.1 Å². The van der Waals surface area contributed by atoms with Crippen molar-refractivity contribution in [2.24, 2.45) is 0 Å². The topological polar surface area (TPSA) is 41.6 Å². The van der Waals surface area contributed by atoms with E-state index in [-0.39, 0.29) is 5.91 Å². The molecule has 2 rings (SSSR count). The van der Waals surface area contributed by atoms with Crippen molar-refractivity contribution in [3.8, 4) is 5.75 Å². The molecule has 1 N–H and O–H groups in total. The number of rotatable bonds is 4. The third-order valence-electron chi connectivity index (χ3n) is 3.40. The van der Waals surface area contributed by atoms with E-state index >= 15 is 0 Å². The van der Waals surface area contributed by atoms with Crippen molar-refractivity contribution in [3.05, 3.63) is 29.3 Å². The van der Waals surface area contributed by atoms with Gasteiger partial charge in [-0.2, -0.15) is 0 Å². The molecule has 0 spiro atoms. The van der Waals surface area contributed by atoms with Crippen LogP contribution < -0.4 is 10.1 Å². The van der Waals surface area contributed by atoms with Crippen LogP contribution in [0, 0.1) is 0 Å². The number of benzene rings is 1. The van der Waals surface area contributed by atoms with E-state index in [0.29, 0.717) is 6.61 Å². The quantitative estimate of drug-likeness (QED) is 0.898. The summed E-state index contributed by atoms with van der Waals surface area (Å²) in [6, 6.07) is 5.77. The Labute approximate surface area is 114 Å². The molecule has 0 saturated carbocycles. The number of amides is 1. The molecule has 1 saturated heterocycles. The third-order valence-corrected chi connectivity index (χ3v) is 3.40. The molecular weight excluding hydrogens is 240 g/mol. The van der Waals surface area contributed by atoms with E-state index in [0.717, 1.165) is 49.5 Å². The molecule has 0 bridgehead atoms. The lowest BCUT2D eigenvalue weighted by atomic mass is 10.0. The smallest absolute Gasteiger partial charge is 0.254 e. The van der Waals surface area contributed by atoms with Crippen LogP contribution in [0.2, 0.25) is 0 Å². The first-order chi connectivity index (χ1) is 9.26. The Bertz CT molecular complexity index is 440. The standard InChI is InChI=1S/C15H22N2O2/c1-3-12-11-13(19-4-2)5-6-14(12)15(18)17-9-7-16-8-10-17/h5-6,11,16H,3-4,7-10H2,1-2H3. The summed E-state index contributed by atoms with van der Waals surface area (Å²) in [6.45, 7) is 8.01. The molecule has 0 aliphatic carbocycles. The number of hydrogen-bond acceptors (Lipinski definition) is 3. The molecule has 0 aromatic heterocycles. The number of piperazine rings is 1. The first kappa shape index (κ1) is 13.9. The lowest BCUT2D eigenvalue weighted by molar-refractivity contribution is 0.0734. The van der Waals surface area contributed by atoms with Crippen LogP contribution in [-0.2, 0) is 6.42 Å². The van der Waals surface area contributed by atoms with Crippen molar-refractivity contribution >= 4 is 5.91 Å². The predicted molar refractivity (Wildman–Crippen MR) is 75.8 cm³/mol. The molecule has 0 unspecified atom stereocenters. The van der Waals surface area contributed by atoms with Gasteiger partial charge in [0, 0.05) is 31.7 Å². The summed E-state index contributed by atoms with van der Waals surface area (Å²) < 4.78 is 5.49. The van der Waals surface area contributed by atoms with Crippen molar-refractivity contribution in [3.63, 3.8) is 0 Å². The Morgan fingerprint density at radius 2 is 2.05 bits per heavy atom. The predicted octanol–water partition coefficient (Wildman–Crippen LogP) is 1.69. The van der Waals surface area contributed by atoms with Gasteiger partial charge in [-0.1, -0.05) is 6.92 Å². The van der Waals surface area contributed by atoms with E-state index in [1.165, 1.54) is 0 Å². The summed E-state index contributed by atoms with van der Waals surface area (Å²) in [5, 5.41) is 3.26. The van der Waals surface area contributed by atoms with E-state index in [1.54, 1.807) is 0 Å². The first-order valence-corrected chi connectivity index (χ1v) is 7.02. The summed E-state index contributed by atoms with van der Waals surface area (Å²) in [7, 11) is 0. The lowest BCUT2D eigenvalue weighted by Gasteiger charge is -2.28. The Kier molecular flexibility index (Phi) is 4.80. The van der Waals surface area contributed by atoms with Crippen LogP contribution in [-0.4, -0.2) is 43.6 Å². The van der Waals surface area contributed by atoms with E-state index in [4.69, 9.17) is 4.74 Å². The molecule has 0 radical (unpaired) electrons. The second-order valence-electron chi connectivity index (χ2n) is 4.65. The number of carbonyl (C=O) groups is 1. The maximum absolute atomic E-state index is 12.5. The molecular formula is C15H22N2O2. The minimum Gasteiger partial charge on any atom is -0.494 e. The van der Waals surface area contributed by atoms with Crippen LogP contribution in [0.25, 0.3) is 0 Å². The molecule has 104 valence electrons. The summed E-state index contributed by atoms with van der Waals surface area (Å²) in [4.78, 5) is 14.4. The average molecular weight is 262 g/mol. The normalized spacial score (nSPS) is 15.4. The second kappa shape index (κ2) is 6.57. The molecule has 4 heteroatoms. The Hall–Kier alpha value is -1.55. The molecule has 1 aliphatic rings. The molecule has 1 amide bonds. The van der Waals surface area contributed by atoms with Gasteiger partial charge < -0.3 is 15.0 Å². The van der Waals surface area contributed by atoms with Gasteiger partial charge in [0.2, 0.25) is 0 Å². The van der Waals surface area contributed by atoms with Crippen LogP contribution in [0.4, 0.5) is 0 Å². The highest BCUT2D eigenvalue weighted by atomic mass is 16.5. The van der Waals surface area contributed by atoms with Crippen molar-refractivity contribution < 1.29 is 9.53 Å². The van der Waals surface area contributed by atoms with Gasteiger partial charge in [-0.3, -0.25) is 4.79 Å². The molecule has 1 aliphatic heterocycles. The molecule has 4 nitrogen and oxygen atoms in total. The fourth-order valence-corrected chi connectivity index (χ4v) is 2.37. The van der Waals surface area contributed by atoms with Crippen LogP contribution in [0.1, 0.15) is 29.8 Å². The first-order valence-electron chi connectivity index (χ1n) is 7.02. The maximum atomic E-state index is 12.5. The van der Waals surface area contributed by atoms with Crippen LogP contribution in [0.5, 0.6) is 5.75 Å². The lowest BCUT2D eigenvalue weighted by Crippen LogP contribution is -2.46. The molecule has 0 atom stereocenters. The molecule has 1 heterocycles. The molecule has 19 heavy (non-hydrogen) atoms. The minimum absolute atomic E-state index is 0.140. The van der Waals surface area contributed by atoms with Gasteiger partial charge >= 0.3 is 0 Å². The zero-order valence-corrected chi connectivity index (χ0v) is 11.7. The largest absolute Gasteiger partial charge is 0.494 e. The molecule has 1 aromatic rings. The maximum Gasteiger partial charge on any atom is 0.254 e. The van der Waals surface area contributed by atoms with Gasteiger partial charge in [0.25, 0.3) is 5.91 Å². The van der Waals surface area contributed by atoms with Crippen molar-refractivity contribution in [1.82, 2.24) is 10.2 Å². The van der Waals surface area contributed by atoms with Crippen LogP contribution in [0.3, 0.4) is 0 Å². The number of ether oxygens (including phenoxy) is 1. The highest BCUT2D eigenvalue weighted by molar-refractivity contribution is 5.96. The summed E-state index contributed by atoms with van der Waals surface area (Å²) >= 11 is 0. The number of nitrogens with zero attached hydrogens (tertiary/aromatic N) is 1. The van der Waals surface area contributed by atoms with Gasteiger partial charge in [-0.25, -0.2) is 0 Å². The zero-order valence-electron chi connectivity index (χ0n) is 11.7. The fourth-order valence-electron chi connectivity index (χ4n) is 2.37. The van der Waals surface area contributed by atoms with Crippen LogP contribution in [0.15, 0.2) is 18.2 Å². The van der Waals surface area contributed by atoms with E-state index in [1.807, 2.05) is 30.0 Å². The van der Waals surface area contributed by atoms with Gasteiger partial charge in [0.05, 0.1) is 6.61 Å². The minimum atomic E-state index is 0.140. The number of hydrogen-bond donors (Lipinski definition) is 1. The SMILES string of the molecule is CCOc1ccc(C(=O)N2CCNCC2)c(CC)c1. The number of carbonyl (C=O) groups excluding carboxylic acids is 1. The number of aryl methyl sites for hydroxylation is 1. The van der Waals surface area contributed by atoms with E-state index in [2.05, 4.69) is 12.2 Å².